The van der Waals surface area contributed by atoms with Gasteiger partial charge in [0, 0.05) is 18.6 Å². The summed E-state index contributed by atoms with van der Waals surface area (Å²) in [5.74, 6) is 1.59. The standard InChI is InChI=1S/C12H25NO/c1-9(2)11-5-6-12(8-14)13(7-11)10(3)4/h9-12,14H,5-8H2,1-4H3. The first-order chi connectivity index (χ1) is 6.56. The van der Waals surface area contributed by atoms with E-state index in [-0.39, 0.29) is 0 Å². The molecule has 0 aromatic rings. The predicted octanol–water partition coefficient (Wildman–Crippen LogP) is 2.12. The van der Waals surface area contributed by atoms with E-state index in [1.165, 1.54) is 13.0 Å². The molecular formula is C12H25NO. The molecule has 0 saturated carbocycles. The molecule has 0 amide bonds. The van der Waals surface area contributed by atoms with E-state index in [1.807, 2.05) is 0 Å². The fourth-order valence-corrected chi connectivity index (χ4v) is 2.46. The van der Waals surface area contributed by atoms with E-state index in [0.29, 0.717) is 18.7 Å². The Morgan fingerprint density at radius 2 is 1.86 bits per heavy atom. The third kappa shape index (κ3) is 2.71. The first kappa shape index (κ1) is 12.0. The molecule has 0 spiro atoms. The van der Waals surface area contributed by atoms with Crippen LogP contribution in [0.1, 0.15) is 40.5 Å². The lowest BCUT2D eigenvalue weighted by atomic mass is 9.84. The third-order valence-electron chi connectivity index (χ3n) is 3.60. The van der Waals surface area contributed by atoms with Crippen molar-refractivity contribution in [2.24, 2.45) is 11.8 Å². The maximum Gasteiger partial charge on any atom is 0.0586 e. The minimum atomic E-state index is 0.322. The molecule has 2 nitrogen and oxygen atoms in total. The van der Waals surface area contributed by atoms with Crippen LogP contribution in [0.2, 0.25) is 0 Å². The average molecular weight is 199 g/mol. The van der Waals surface area contributed by atoms with E-state index < -0.39 is 0 Å². The lowest BCUT2D eigenvalue weighted by Gasteiger charge is -2.42. The fraction of sp³-hybridized carbons (Fsp3) is 1.00. The number of nitrogens with zero attached hydrogens (tertiary/aromatic N) is 1. The maximum absolute atomic E-state index is 9.29. The van der Waals surface area contributed by atoms with Crippen LogP contribution < -0.4 is 0 Å². The number of aliphatic hydroxyl groups is 1. The number of rotatable bonds is 3. The highest BCUT2D eigenvalue weighted by Gasteiger charge is 2.30. The summed E-state index contributed by atoms with van der Waals surface area (Å²) in [6, 6.07) is 0.971. The Morgan fingerprint density at radius 1 is 1.21 bits per heavy atom. The number of aliphatic hydroxyl groups excluding tert-OH is 1. The Balaban J connectivity index is 2.57. The lowest BCUT2D eigenvalue weighted by molar-refractivity contribution is 0.0284. The van der Waals surface area contributed by atoms with E-state index >= 15 is 0 Å². The van der Waals surface area contributed by atoms with Gasteiger partial charge in [0.15, 0.2) is 0 Å². The number of hydrogen-bond acceptors (Lipinski definition) is 2. The van der Waals surface area contributed by atoms with Crippen molar-refractivity contribution in [2.45, 2.75) is 52.6 Å². The van der Waals surface area contributed by atoms with Gasteiger partial charge in [0.05, 0.1) is 6.61 Å². The van der Waals surface area contributed by atoms with Crippen molar-refractivity contribution in [3.63, 3.8) is 0 Å². The zero-order valence-electron chi connectivity index (χ0n) is 10.0. The summed E-state index contributed by atoms with van der Waals surface area (Å²) < 4.78 is 0. The van der Waals surface area contributed by atoms with Gasteiger partial charge in [0.2, 0.25) is 0 Å². The number of hydrogen-bond donors (Lipinski definition) is 1. The normalized spacial score (nSPS) is 30.2. The van der Waals surface area contributed by atoms with E-state index in [0.717, 1.165) is 18.3 Å². The Kier molecular flexibility index (Phi) is 4.39. The first-order valence-electron chi connectivity index (χ1n) is 5.92. The molecule has 1 aliphatic heterocycles. The summed E-state index contributed by atoms with van der Waals surface area (Å²) in [6.45, 7) is 10.6. The number of piperidine rings is 1. The number of likely N-dealkylation sites (tertiary alicyclic amines) is 1. The molecule has 0 bridgehead atoms. The molecule has 1 fully saturated rings. The largest absolute Gasteiger partial charge is 0.395 e. The van der Waals surface area contributed by atoms with Crippen molar-refractivity contribution in [3.05, 3.63) is 0 Å². The molecule has 2 unspecified atom stereocenters. The monoisotopic (exact) mass is 199 g/mol. The molecule has 0 radical (unpaired) electrons. The molecule has 1 aliphatic rings. The van der Waals surface area contributed by atoms with Gasteiger partial charge in [-0.3, -0.25) is 4.90 Å². The SMILES string of the molecule is CC(C)C1CCC(CO)N(C(C)C)C1. The van der Waals surface area contributed by atoms with Crippen LogP contribution in [-0.4, -0.2) is 35.2 Å². The van der Waals surface area contributed by atoms with Crippen LogP contribution in [0.5, 0.6) is 0 Å². The highest BCUT2D eigenvalue weighted by atomic mass is 16.3. The topological polar surface area (TPSA) is 23.5 Å². The van der Waals surface area contributed by atoms with E-state index in [9.17, 15) is 5.11 Å². The fourth-order valence-electron chi connectivity index (χ4n) is 2.46. The zero-order valence-corrected chi connectivity index (χ0v) is 10.0. The van der Waals surface area contributed by atoms with Crippen molar-refractivity contribution in [1.82, 2.24) is 4.90 Å². The maximum atomic E-state index is 9.29. The van der Waals surface area contributed by atoms with Crippen LogP contribution in [0, 0.1) is 11.8 Å². The second-order valence-corrected chi connectivity index (χ2v) is 5.21. The molecule has 1 rings (SSSR count). The second-order valence-electron chi connectivity index (χ2n) is 5.21. The zero-order chi connectivity index (χ0) is 10.7. The molecule has 1 heterocycles. The molecular weight excluding hydrogens is 174 g/mol. The van der Waals surface area contributed by atoms with Crippen molar-refractivity contribution in [3.8, 4) is 0 Å². The van der Waals surface area contributed by atoms with Crippen LogP contribution >= 0.6 is 0 Å². The summed E-state index contributed by atoms with van der Waals surface area (Å²) >= 11 is 0. The van der Waals surface area contributed by atoms with Gasteiger partial charge in [-0.05, 0) is 38.5 Å². The van der Waals surface area contributed by atoms with Crippen LogP contribution in [-0.2, 0) is 0 Å². The van der Waals surface area contributed by atoms with Crippen LogP contribution in [0.25, 0.3) is 0 Å². The van der Waals surface area contributed by atoms with Crippen molar-refractivity contribution in [2.75, 3.05) is 13.2 Å². The van der Waals surface area contributed by atoms with Gasteiger partial charge in [-0.25, -0.2) is 0 Å². The smallest absolute Gasteiger partial charge is 0.0586 e. The van der Waals surface area contributed by atoms with E-state index in [4.69, 9.17) is 0 Å². The summed E-state index contributed by atoms with van der Waals surface area (Å²) in [7, 11) is 0. The van der Waals surface area contributed by atoms with Crippen LogP contribution in [0.4, 0.5) is 0 Å². The second kappa shape index (κ2) is 5.13. The summed E-state index contributed by atoms with van der Waals surface area (Å²) in [5.41, 5.74) is 0. The van der Waals surface area contributed by atoms with Crippen molar-refractivity contribution < 1.29 is 5.11 Å². The Labute approximate surface area is 88.3 Å². The van der Waals surface area contributed by atoms with Crippen LogP contribution in [0.15, 0.2) is 0 Å². The van der Waals surface area contributed by atoms with E-state index in [1.54, 1.807) is 0 Å². The molecule has 84 valence electrons. The Hall–Kier alpha value is -0.0800. The van der Waals surface area contributed by atoms with Gasteiger partial charge < -0.3 is 5.11 Å². The molecule has 14 heavy (non-hydrogen) atoms. The summed E-state index contributed by atoms with van der Waals surface area (Å²) in [6.07, 6.45) is 2.45. The Morgan fingerprint density at radius 3 is 2.29 bits per heavy atom. The first-order valence-corrected chi connectivity index (χ1v) is 5.92. The van der Waals surface area contributed by atoms with Crippen molar-refractivity contribution in [1.29, 1.82) is 0 Å². The van der Waals surface area contributed by atoms with Gasteiger partial charge >= 0.3 is 0 Å². The highest BCUT2D eigenvalue weighted by molar-refractivity contribution is 4.84. The molecule has 0 aliphatic carbocycles. The van der Waals surface area contributed by atoms with Gasteiger partial charge in [-0.15, -0.1) is 0 Å². The molecule has 1 N–H and O–H groups in total. The van der Waals surface area contributed by atoms with Crippen LogP contribution in [0.3, 0.4) is 0 Å². The summed E-state index contributed by atoms with van der Waals surface area (Å²) in [5, 5.41) is 9.29. The van der Waals surface area contributed by atoms with Gasteiger partial charge in [0.1, 0.15) is 0 Å². The molecule has 0 aromatic carbocycles. The molecule has 0 aromatic heterocycles. The molecule has 2 heteroatoms. The van der Waals surface area contributed by atoms with Gasteiger partial charge in [-0.2, -0.15) is 0 Å². The minimum Gasteiger partial charge on any atom is -0.395 e. The van der Waals surface area contributed by atoms with Crippen molar-refractivity contribution >= 4 is 0 Å². The average Bonchev–Trinajstić information content (AvgIpc) is 2.16. The molecule has 1 saturated heterocycles. The minimum absolute atomic E-state index is 0.322. The highest BCUT2D eigenvalue weighted by Crippen LogP contribution is 2.28. The lowest BCUT2D eigenvalue weighted by Crippen LogP contribution is -2.49. The molecule has 2 atom stereocenters. The predicted molar refractivity (Wildman–Crippen MR) is 60.3 cm³/mol. The Bertz CT molecular complexity index is 168. The van der Waals surface area contributed by atoms with Gasteiger partial charge in [-0.1, -0.05) is 13.8 Å². The quantitative estimate of drug-likeness (QED) is 0.752. The third-order valence-corrected chi connectivity index (χ3v) is 3.60. The van der Waals surface area contributed by atoms with E-state index in [2.05, 4.69) is 32.6 Å². The van der Waals surface area contributed by atoms with Gasteiger partial charge in [0.25, 0.3) is 0 Å². The summed E-state index contributed by atoms with van der Waals surface area (Å²) in [4.78, 5) is 2.47.